The average molecular weight is 1710 g/mol. The maximum atomic E-state index is 11.8. The van der Waals surface area contributed by atoms with Crippen LogP contribution in [0.2, 0.25) is 0 Å². The van der Waals surface area contributed by atoms with Crippen molar-refractivity contribution in [3.05, 3.63) is 84.5 Å². The Morgan fingerprint density at radius 1 is 0.317 bits per heavy atom. The highest BCUT2D eigenvalue weighted by Crippen LogP contribution is 2.28. The monoisotopic (exact) mass is 1710 g/mol. The number of carbonyl (C=O) groups is 11. The standard InChI is InChI=1S/C14H28O2.2C13H22O5.2C12H20O4.C12H24O2.C10H14.C9H18O3/c1-6-9-10-12(7-2)11-16-13(15)14(4,5)8-3;2*1-6-13(4,5)12(16)18-8-10(14)7-17-11(15)9(2)3;2*1-6-12(4,5)11(14)16-8-7-15-10(13)9(2)3;1-5-7-8-9-10-14-11(13)12(3,4)6-2;1-3-9(2)10-7-5-4-6-8-10;1-5-9(2,3)8(10)12-7-6-11-4/h12H,6-11H2,1-5H3;2*10,14H,2,6-8H2,1,3-5H3;2*2,6-8H2,1,3-5H3;5-10H2,1-4H3;4-9H,3H2,1-2H3;5-7H2,1-4H3. The maximum absolute atomic E-state index is 11.8. The third kappa shape index (κ3) is 65.0. The first-order chi connectivity index (χ1) is 55.4. The van der Waals surface area contributed by atoms with Gasteiger partial charge in [0.2, 0.25) is 0 Å². The molecule has 4 unspecified atom stereocenters. The van der Waals surface area contributed by atoms with E-state index in [9.17, 15) is 63.0 Å². The minimum absolute atomic E-state index is 0.0510. The van der Waals surface area contributed by atoms with E-state index >= 15 is 0 Å². The molecule has 0 aliphatic heterocycles. The molecule has 4 atom stereocenters. The van der Waals surface area contributed by atoms with Gasteiger partial charge in [0, 0.05) is 29.4 Å². The smallest absolute Gasteiger partial charge is 0.333 e. The molecule has 0 aliphatic rings. The first-order valence-corrected chi connectivity index (χ1v) is 42.8. The van der Waals surface area contributed by atoms with Crippen LogP contribution in [0.1, 0.15) is 322 Å². The summed E-state index contributed by atoms with van der Waals surface area (Å²) in [7, 11) is 1.58. The molecule has 0 saturated carbocycles. The Morgan fingerprint density at radius 2 is 0.567 bits per heavy atom. The number of rotatable bonds is 48. The number of aliphatic hydroxyl groups excluding tert-OH is 2. The van der Waals surface area contributed by atoms with Crippen LogP contribution in [0.4, 0.5) is 0 Å². The van der Waals surface area contributed by atoms with Gasteiger partial charge in [0.1, 0.15) is 71.7 Å². The van der Waals surface area contributed by atoms with Crippen LogP contribution in [-0.4, -0.2) is 174 Å². The lowest BCUT2D eigenvalue weighted by Crippen LogP contribution is -2.31. The second-order valence-corrected chi connectivity index (χ2v) is 34.1. The summed E-state index contributed by atoms with van der Waals surface area (Å²) in [4.78, 5) is 125. The van der Waals surface area contributed by atoms with E-state index in [0.29, 0.717) is 75.1 Å². The van der Waals surface area contributed by atoms with Crippen molar-refractivity contribution in [2.24, 2.45) is 43.8 Å². The van der Waals surface area contributed by atoms with Gasteiger partial charge in [0.15, 0.2) is 0 Å². The Balaban J connectivity index is -0.000000244. The van der Waals surface area contributed by atoms with E-state index < -0.39 is 57.7 Å². The molecular weight excluding hydrogens is 1540 g/mol. The van der Waals surface area contributed by atoms with E-state index in [4.69, 9.17) is 56.8 Å². The van der Waals surface area contributed by atoms with Crippen molar-refractivity contribution in [3.63, 3.8) is 0 Å². The molecule has 1 aromatic carbocycles. The summed E-state index contributed by atoms with van der Waals surface area (Å²) in [5.41, 5.74) is -0.511. The Morgan fingerprint density at radius 3 is 0.825 bits per heavy atom. The van der Waals surface area contributed by atoms with Crippen LogP contribution < -0.4 is 0 Å². The lowest BCUT2D eigenvalue weighted by molar-refractivity contribution is -0.160. The summed E-state index contributed by atoms with van der Waals surface area (Å²) in [6.07, 6.45) is 13.7. The number of ether oxygens (including phenoxy) is 12. The van der Waals surface area contributed by atoms with E-state index in [0.717, 1.165) is 38.5 Å². The molecule has 0 bridgehead atoms. The molecular formula is C95H168O25. The van der Waals surface area contributed by atoms with E-state index in [2.05, 4.69) is 91.3 Å². The van der Waals surface area contributed by atoms with Gasteiger partial charge >= 0.3 is 65.7 Å². The van der Waals surface area contributed by atoms with Crippen LogP contribution in [0.5, 0.6) is 0 Å². The van der Waals surface area contributed by atoms with Gasteiger partial charge in [-0.05, 0) is 206 Å². The largest absolute Gasteiger partial charge is 0.465 e. The van der Waals surface area contributed by atoms with Crippen molar-refractivity contribution in [1.82, 2.24) is 0 Å². The number of esters is 11. The molecule has 0 fully saturated rings. The van der Waals surface area contributed by atoms with E-state index in [1.165, 1.54) is 57.9 Å². The average Bonchev–Trinajstić information content (AvgIpc) is 0.908. The second kappa shape index (κ2) is 69.7. The maximum Gasteiger partial charge on any atom is 0.333 e. The molecule has 0 radical (unpaired) electrons. The van der Waals surface area contributed by atoms with Crippen molar-refractivity contribution in [2.45, 2.75) is 329 Å². The first-order valence-electron chi connectivity index (χ1n) is 42.8. The SMILES string of the molecule is C=C(C)C(=O)OCC(O)COC(=O)C(C)(C)CC.C=C(C)C(=O)OCC(O)COC(=O)C(C)(C)CC.C=C(C)C(=O)OCCOC(=O)C(C)(C)CC.C=C(C)C(=O)OCCOC(=O)C(C)(C)CC.CCC(C)(C)C(=O)OCCOC.CCC(C)c1ccccc1.CCCCC(CC)COC(=O)C(C)(C)CC.CCCCCCOC(=O)C(C)(C)CC. The molecule has 0 aliphatic carbocycles. The Labute approximate surface area is 725 Å². The zero-order valence-electron chi connectivity index (χ0n) is 80.6. The summed E-state index contributed by atoms with van der Waals surface area (Å²) in [5.74, 6) is -2.41. The molecule has 0 spiro atoms. The molecule has 0 amide bonds. The number of hydrogen-bond donors (Lipinski definition) is 2. The van der Waals surface area contributed by atoms with E-state index in [1.807, 2.05) is 118 Å². The van der Waals surface area contributed by atoms with Gasteiger partial charge in [-0.15, -0.1) is 0 Å². The van der Waals surface area contributed by atoms with Crippen LogP contribution in [0.15, 0.2) is 78.9 Å². The lowest BCUT2D eigenvalue weighted by atomic mass is 9.90. The van der Waals surface area contributed by atoms with E-state index in [1.54, 1.807) is 48.7 Å². The highest BCUT2D eigenvalue weighted by molar-refractivity contribution is 5.88. The van der Waals surface area contributed by atoms with Crippen LogP contribution in [0, 0.1) is 43.8 Å². The van der Waals surface area contributed by atoms with Gasteiger partial charge in [-0.1, -0.05) is 178 Å². The topological polar surface area (TPSA) is 339 Å². The molecule has 0 saturated heterocycles. The molecule has 698 valence electrons. The van der Waals surface area contributed by atoms with Gasteiger partial charge in [0.05, 0.1) is 57.7 Å². The molecule has 25 nitrogen and oxygen atoms in total. The zero-order valence-corrected chi connectivity index (χ0v) is 80.6. The molecule has 2 N–H and O–H groups in total. The van der Waals surface area contributed by atoms with Gasteiger partial charge in [-0.2, -0.15) is 0 Å². The van der Waals surface area contributed by atoms with Crippen LogP contribution in [0.3, 0.4) is 0 Å². The predicted molar refractivity (Wildman–Crippen MR) is 475 cm³/mol. The minimum Gasteiger partial charge on any atom is -0.465 e. The Kier molecular flexibility index (Phi) is 72.9. The number of aliphatic hydroxyl groups is 2. The Hall–Kier alpha value is -7.77. The molecule has 0 aromatic heterocycles. The number of methoxy groups -OCH3 is 1. The number of hydrogen-bond acceptors (Lipinski definition) is 25. The normalized spacial score (nSPS) is 12.0. The number of unbranched alkanes of at least 4 members (excludes halogenated alkanes) is 4. The fourth-order valence-corrected chi connectivity index (χ4v) is 7.21. The third-order valence-electron chi connectivity index (χ3n) is 19.9. The summed E-state index contributed by atoms with van der Waals surface area (Å²) >= 11 is 0. The van der Waals surface area contributed by atoms with E-state index in [-0.39, 0.29) is 122 Å². The van der Waals surface area contributed by atoms with Crippen molar-refractivity contribution >= 4 is 65.7 Å². The number of benzene rings is 1. The van der Waals surface area contributed by atoms with Gasteiger partial charge < -0.3 is 67.1 Å². The summed E-state index contributed by atoms with van der Waals surface area (Å²) in [5, 5.41) is 19.0. The molecule has 120 heavy (non-hydrogen) atoms. The van der Waals surface area contributed by atoms with Gasteiger partial charge in [-0.3, -0.25) is 33.6 Å². The van der Waals surface area contributed by atoms with Crippen molar-refractivity contribution in [1.29, 1.82) is 0 Å². The third-order valence-corrected chi connectivity index (χ3v) is 19.9. The highest BCUT2D eigenvalue weighted by Gasteiger charge is 2.33. The van der Waals surface area contributed by atoms with Crippen LogP contribution >= 0.6 is 0 Å². The fourth-order valence-electron chi connectivity index (χ4n) is 7.21. The number of carbonyl (C=O) groups excluding carboxylic acids is 11. The summed E-state index contributed by atoms with van der Waals surface area (Å²) in [6, 6.07) is 10.6. The summed E-state index contributed by atoms with van der Waals surface area (Å²) < 4.78 is 59.2. The second-order valence-electron chi connectivity index (χ2n) is 34.1. The van der Waals surface area contributed by atoms with Crippen molar-refractivity contribution in [2.75, 3.05) is 86.4 Å². The fraction of sp³-hybridized carbons (Fsp3) is 0.737. The Bertz CT molecular complexity index is 2960. The van der Waals surface area contributed by atoms with Crippen molar-refractivity contribution in [3.8, 4) is 0 Å². The molecule has 0 heterocycles. The van der Waals surface area contributed by atoms with Gasteiger partial charge in [-0.25, -0.2) is 19.2 Å². The van der Waals surface area contributed by atoms with Crippen molar-refractivity contribution < 1.29 is 120 Å². The first kappa shape index (κ1) is 125. The summed E-state index contributed by atoms with van der Waals surface area (Å²) in [6.45, 7) is 71.8. The van der Waals surface area contributed by atoms with Crippen LogP contribution in [-0.2, 0) is 110 Å². The lowest BCUT2D eigenvalue weighted by Gasteiger charge is -2.22. The predicted octanol–water partition coefficient (Wildman–Crippen LogP) is 19.6. The zero-order chi connectivity index (χ0) is 94.9. The minimum atomic E-state index is -1.02. The highest BCUT2D eigenvalue weighted by atomic mass is 16.6. The molecule has 1 rings (SSSR count). The molecule has 25 heteroatoms. The molecule has 1 aromatic rings. The van der Waals surface area contributed by atoms with Gasteiger partial charge in [0.25, 0.3) is 0 Å². The van der Waals surface area contributed by atoms with Crippen LogP contribution in [0.25, 0.3) is 0 Å². The quantitative estimate of drug-likeness (QED) is 0.0265.